The van der Waals surface area contributed by atoms with Crippen molar-refractivity contribution in [3.63, 3.8) is 0 Å². The van der Waals surface area contributed by atoms with Gasteiger partial charge >= 0.3 is 6.03 Å². The molecule has 0 radical (unpaired) electrons. The molecule has 2 unspecified atom stereocenters. The molecule has 33 heavy (non-hydrogen) atoms. The number of H-pyrrole nitrogens is 1. The number of carbonyl (C=O) groups excluding carboxylic acids is 2. The molecule has 3 saturated heterocycles. The first-order chi connectivity index (χ1) is 15.8. The number of aromatic amines is 1. The van der Waals surface area contributed by atoms with Crippen LogP contribution in [-0.4, -0.2) is 81.6 Å². The van der Waals surface area contributed by atoms with Crippen LogP contribution in [0.3, 0.4) is 0 Å². The maximum Gasteiger partial charge on any atom is 0.320 e. The van der Waals surface area contributed by atoms with Gasteiger partial charge in [0.1, 0.15) is 18.2 Å². The number of primary amides is 1. The van der Waals surface area contributed by atoms with E-state index in [-0.39, 0.29) is 30.8 Å². The number of nitrogens with zero attached hydrogens (tertiary/aromatic N) is 5. The summed E-state index contributed by atoms with van der Waals surface area (Å²) in [5.41, 5.74) is 7.19. The number of hydrogen-bond acceptors (Lipinski definition) is 5. The van der Waals surface area contributed by atoms with Crippen LogP contribution < -0.4 is 10.6 Å². The van der Waals surface area contributed by atoms with Crippen LogP contribution in [0.25, 0.3) is 0 Å². The van der Waals surface area contributed by atoms with Gasteiger partial charge in [0.2, 0.25) is 5.91 Å². The summed E-state index contributed by atoms with van der Waals surface area (Å²) in [6, 6.07) is 6.62. The number of rotatable bonds is 4. The summed E-state index contributed by atoms with van der Waals surface area (Å²) < 4.78 is 27.5. The van der Waals surface area contributed by atoms with Gasteiger partial charge in [-0.3, -0.25) is 9.89 Å². The molecule has 2 aromatic rings. The summed E-state index contributed by atoms with van der Waals surface area (Å²) >= 11 is 0. The highest BCUT2D eigenvalue weighted by Crippen LogP contribution is 2.36. The standard InChI is InChI=1S/C22H27F2N7O2/c23-22(24)6-8-31(18(9-22)19(25)32)17-3-1-14(2-4-17)16-11-30(12-16)21(33)29-7-5-15(10-29)20-26-13-27-28-20/h1-4,13,15-16,18H,5-12H2,(H2,25,32)(H,26,27,28). The molecular formula is C22H27F2N7O2. The van der Waals surface area contributed by atoms with Crippen LogP contribution in [-0.2, 0) is 4.79 Å². The first kappa shape index (κ1) is 21.6. The molecular weight excluding hydrogens is 432 g/mol. The highest BCUT2D eigenvalue weighted by atomic mass is 19.3. The lowest BCUT2D eigenvalue weighted by molar-refractivity contribution is -0.123. The number of nitrogens with two attached hydrogens (primary N) is 1. The smallest absolute Gasteiger partial charge is 0.320 e. The molecule has 0 aliphatic carbocycles. The lowest BCUT2D eigenvalue weighted by Gasteiger charge is -2.42. The molecule has 0 bridgehead atoms. The van der Waals surface area contributed by atoms with Crippen molar-refractivity contribution in [1.82, 2.24) is 25.0 Å². The van der Waals surface area contributed by atoms with Gasteiger partial charge in [0.05, 0.1) is 0 Å². The zero-order valence-electron chi connectivity index (χ0n) is 18.2. The number of benzene rings is 1. The first-order valence-corrected chi connectivity index (χ1v) is 11.2. The molecule has 0 saturated carbocycles. The predicted molar refractivity (Wildman–Crippen MR) is 116 cm³/mol. The second kappa shape index (κ2) is 8.27. The van der Waals surface area contributed by atoms with Crippen LogP contribution >= 0.6 is 0 Å². The Labute approximate surface area is 189 Å². The van der Waals surface area contributed by atoms with E-state index in [1.165, 1.54) is 6.33 Å². The van der Waals surface area contributed by atoms with E-state index in [4.69, 9.17) is 5.73 Å². The van der Waals surface area contributed by atoms with Gasteiger partial charge in [0.15, 0.2) is 0 Å². The van der Waals surface area contributed by atoms with Crippen molar-refractivity contribution >= 4 is 17.6 Å². The zero-order chi connectivity index (χ0) is 23.2. The van der Waals surface area contributed by atoms with Crippen molar-refractivity contribution in [3.05, 3.63) is 42.0 Å². The fourth-order valence-electron chi connectivity index (χ4n) is 5.05. The summed E-state index contributed by atoms with van der Waals surface area (Å²) in [5, 5.41) is 6.77. The van der Waals surface area contributed by atoms with E-state index in [9.17, 15) is 18.4 Å². The maximum absolute atomic E-state index is 13.8. The Morgan fingerprint density at radius 2 is 1.79 bits per heavy atom. The van der Waals surface area contributed by atoms with E-state index in [1.807, 2.05) is 34.1 Å². The number of likely N-dealkylation sites (tertiary alicyclic amines) is 2. The summed E-state index contributed by atoms with van der Waals surface area (Å²) in [4.78, 5) is 34.2. The van der Waals surface area contributed by atoms with E-state index in [1.54, 1.807) is 4.90 Å². The number of nitrogens with one attached hydrogen (secondary N) is 1. The fraction of sp³-hybridized carbons (Fsp3) is 0.545. The third-order valence-corrected chi connectivity index (χ3v) is 7.04. The summed E-state index contributed by atoms with van der Waals surface area (Å²) in [5.74, 6) is -2.36. The Balaban J connectivity index is 1.16. The SMILES string of the molecule is NC(=O)C1CC(F)(F)CCN1c1ccc(C2CN(C(=O)N3CCC(c4ncn[nH]4)C3)C2)cc1. The van der Waals surface area contributed by atoms with E-state index in [0.717, 1.165) is 17.8 Å². The molecule has 3 aliphatic rings. The quantitative estimate of drug-likeness (QED) is 0.726. The predicted octanol–water partition coefficient (Wildman–Crippen LogP) is 1.90. The van der Waals surface area contributed by atoms with Gasteiger partial charge in [-0.25, -0.2) is 18.6 Å². The molecule has 3 fully saturated rings. The van der Waals surface area contributed by atoms with Crippen molar-refractivity contribution in [2.75, 3.05) is 37.6 Å². The van der Waals surface area contributed by atoms with Crippen molar-refractivity contribution in [2.45, 2.75) is 43.1 Å². The summed E-state index contributed by atoms with van der Waals surface area (Å²) in [7, 11) is 0. The second-order valence-corrected chi connectivity index (χ2v) is 9.20. The molecule has 9 nitrogen and oxygen atoms in total. The van der Waals surface area contributed by atoms with Crippen LogP contribution in [0.4, 0.5) is 19.3 Å². The Hall–Kier alpha value is -3.24. The molecule has 4 heterocycles. The van der Waals surface area contributed by atoms with Crippen LogP contribution in [0.2, 0.25) is 0 Å². The van der Waals surface area contributed by atoms with Gasteiger partial charge in [-0.15, -0.1) is 0 Å². The van der Waals surface area contributed by atoms with Crippen LogP contribution in [0.5, 0.6) is 0 Å². The lowest BCUT2D eigenvalue weighted by Crippen LogP contribution is -2.53. The molecule has 3 aliphatic heterocycles. The molecule has 0 spiro atoms. The van der Waals surface area contributed by atoms with E-state index in [0.29, 0.717) is 31.9 Å². The Morgan fingerprint density at radius 3 is 2.45 bits per heavy atom. The lowest BCUT2D eigenvalue weighted by atomic mass is 9.91. The van der Waals surface area contributed by atoms with E-state index < -0.39 is 24.3 Å². The molecule has 3 N–H and O–H groups in total. The largest absolute Gasteiger partial charge is 0.368 e. The highest BCUT2D eigenvalue weighted by molar-refractivity contribution is 5.84. The van der Waals surface area contributed by atoms with Crippen LogP contribution in [0, 0.1) is 0 Å². The topological polar surface area (TPSA) is 111 Å². The van der Waals surface area contributed by atoms with Gasteiger partial charge in [0.25, 0.3) is 5.92 Å². The van der Waals surface area contributed by atoms with Gasteiger partial charge < -0.3 is 20.4 Å². The van der Waals surface area contributed by atoms with Crippen molar-refractivity contribution in [3.8, 4) is 0 Å². The molecule has 2 atom stereocenters. The Bertz CT molecular complexity index is 1010. The van der Waals surface area contributed by atoms with Crippen molar-refractivity contribution < 1.29 is 18.4 Å². The number of urea groups is 1. The number of piperidine rings is 1. The number of hydrogen-bond donors (Lipinski definition) is 2. The van der Waals surface area contributed by atoms with Crippen LogP contribution in [0.1, 0.15) is 42.5 Å². The van der Waals surface area contributed by atoms with Gasteiger partial charge in [-0.05, 0) is 24.1 Å². The molecule has 1 aromatic carbocycles. The van der Waals surface area contributed by atoms with E-state index in [2.05, 4.69) is 15.2 Å². The molecule has 1 aromatic heterocycles. The molecule has 11 heteroatoms. The molecule has 3 amide bonds. The first-order valence-electron chi connectivity index (χ1n) is 11.2. The number of carbonyl (C=O) groups is 2. The number of amides is 3. The average molecular weight is 460 g/mol. The Morgan fingerprint density at radius 1 is 1.06 bits per heavy atom. The summed E-state index contributed by atoms with van der Waals surface area (Å²) in [6.07, 6.45) is 1.50. The van der Waals surface area contributed by atoms with Crippen molar-refractivity contribution in [1.29, 1.82) is 0 Å². The fourth-order valence-corrected chi connectivity index (χ4v) is 5.05. The molecule has 5 rings (SSSR count). The summed E-state index contributed by atoms with van der Waals surface area (Å²) in [6.45, 7) is 2.70. The minimum Gasteiger partial charge on any atom is -0.368 e. The zero-order valence-corrected chi connectivity index (χ0v) is 18.2. The third-order valence-electron chi connectivity index (χ3n) is 7.04. The minimum absolute atomic E-state index is 0.0448. The van der Waals surface area contributed by atoms with Crippen molar-refractivity contribution in [2.24, 2.45) is 5.73 Å². The maximum atomic E-state index is 13.8. The third kappa shape index (κ3) is 4.23. The monoisotopic (exact) mass is 459 g/mol. The average Bonchev–Trinajstić information content (AvgIpc) is 3.44. The van der Waals surface area contributed by atoms with Gasteiger partial charge in [0, 0.05) is 63.1 Å². The minimum atomic E-state index is -2.87. The second-order valence-electron chi connectivity index (χ2n) is 9.20. The number of alkyl halides is 2. The Kier molecular flexibility index (Phi) is 5.41. The van der Waals surface area contributed by atoms with Crippen LogP contribution in [0.15, 0.2) is 30.6 Å². The van der Waals surface area contributed by atoms with E-state index >= 15 is 0 Å². The number of anilines is 1. The van der Waals surface area contributed by atoms with Gasteiger partial charge in [-0.2, -0.15) is 5.10 Å². The number of aromatic nitrogens is 3. The normalized spacial score (nSPS) is 25.2. The van der Waals surface area contributed by atoms with Gasteiger partial charge in [-0.1, -0.05) is 12.1 Å². The number of halogens is 2. The molecule has 176 valence electrons. The highest BCUT2D eigenvalue weighted by Gasteiger charge is 2.43.